The van der Waals surface area contributed by atoms with Gasteiger partial charge in [0.1, 0.15) is 0 Å². The highest BCUT2D eigenvalue weighted by Gasteiger charge is 2.27. The maximum atomic E-state index is 5.97. The molecular formula is C15H27N3. The summed E-state index contributed by atoms with van der Waals surface area (Å²) in [7, 11) is 0. The molecule has 0 bridgehead atoms. The van der Waals surface area contributed by atoms with Gasteiger partial charge in [0.15, 0.2) is 0 Å². The van der Waals surface area contributed by atoms with Gasteiger partial charge < -0.3 is 5.73 Å². The van der Waals surface area contributed by atoms with Crippen molar-refractivity contribution in [3.8, 4) is 0 Å². The Kier molecular flexibility index (Phi) is 6.30. The van der Waals surface area contributed by atoms with Crippen molar-refractivity contribution in [3.05, 3.63) is 30.1 Å². The number of hydrogen-bond acceptors (Lipinski definition) is 3. The standard InChI is InChI=1S/C15H27N3/c1-4-11-18(15(3,5-2)13-16)12-8-14-6-9-17-10-7-14/h6-7,9-10H,4-5,8,11-13,16H2,1-3H3. The highest BCUT2D eigenvalue weighted by atomic mass is 15.2. The summed E-state index contributed by atoms with van der Waals surface area (Å²) in [6, 6.07) is 4.19. The monoisotopic (exact) mass is 249 g/mol. The van der Waals surface area contributed by atoms with Crippen molar-refractivity contribution in [3.63, 3.8) is 0 Å². The first-order chi connectivity index (χ1) is 8.66. The first-order valence-electron chi connectivity index (χ1n) is 7.00. The molecule has 102 valence electrons. The molecule has 0 aliphatic heterocycles. The third-order valence-corrected chi connectivity index (χ3v) is 3.88. The van der Waals surface area contributed by atoms with Crippen LogP contribution in [0.2, 0.25) is 0 Å². The largest absolute Gasteiger partial charge is 0.329 e. The van der Waals surface area contributed by atoms with E-state index in [9.17, 15) is 0 Å². The Balaban J connectivity index is 2.63. The zero-order valence-corrected chi connectivity index (χ0v) is 12.0. The lowest BCUT2D eigenvalue weighted by atomic mass is 9.95. The Labute approximate surface area is 111 Å². The van der Waals surface area contributed by atoms with Crippen LogP contribution in [-0.4, -0.2) is 35.1 Å². The smallest absolute Gasteiger partial charge is 0.0301 e. The van der Waals surface area contributed by atoms with Gasteiger partial charge in [-0.05, 0) is 50.4 Å². The highest BCUT2D eigenvalue weighted by molar-refractivity contribution is 5.10. The summed E-state index contributed by atoms with van der Waals surface area (Å²) in [4.78, 5) is 6.59. The van der Waals surface area contributed by atoms with Gasteiger partial charge in [-0.2, -0.15) is 0 Å². The fourth-order valence-corrected chi connectivity index (χ4v) is 2.23. The third kappa shape index (κ3) is 4.07. The van der Waals surface area contributed by atoms with Gasteiger partial charge in [0, 0.05) is 31.0 Å². The molecule has 0 saturated carbocycles. The van der Waals surface area contributed by atoms with Gasteiger partial charge >= 0.3 is 0 Å². The van der Waals surface area contributed by atoms with E-state index in [0.29, 0.717) is 0 Å². The molecule has 0 aliphatic carbocycles. The second kappa shape index (κ2) is 7.49. The van der Waals surface area contributed by atoms with Crippen LogP contribution in [0.4, 0.5) is 0 Å². The van der Waals surface area contributed by atoms with Crippen molar-refractivity contribution in [1.29, 1.82) is 0 Å². The molecule has 0 spiro atoms. The lowest BCUT2D eigenvalue weighted by Crippen LogP contribution is -2.52. The fourth-order valence-electron chi connectivity index (χ4n) is 2.23. The van der Waals surface area contributed by atoms with E-state index in [-0.39, 0.29) is 5.54 Å². The van der Waals surface area contributed by atoms with E-state index in [2.05, 4.69) is 42.8 Å². The summed E-state index contributed by atoms with van der Waals surface area (Å²) in [5.41, 5.74) is 7.44. The second-order valence-electron chi connectivity index (χ2n) is 5.15. The predicted molar refractivity (Wildman–Crippen MR) is 77.6 cm³/mol. The maximum Gasteiger partial charge on any atom is 0.0301 e. The molecule has 3 nitrogen and oxygen atoms in total. The summed E-state index contributed by atoms with van der Waals surface area (Å²) in [5.74, 6) is 0. The summed E-state index contributed by atoms with van der Waals surface area (Å²) >= 11 is 0. The van der Waals surface area contributed by atoms with Gasteiger partial charge in [0.25, 0.3) is 0 Å². The molecule has 1 aromatic rings. The molecule has 18 heavy (non-hydrogen) atoms. The Morgan fingerprint density at radius 3 is 2.39 bits per heavy atom. The molecule has 1 rings (SSSR count). The topological polar surface area (TPSA) is 42.2 Å². The van der Waals surface area contributed by atoms with Crippen LogP contribution in [0.5, 0.6) is 0 Å². The normalized spacial score (nSPS) is 14.7. The summed E-state index contributed by atoms with van der Waals surface area (Å²) in [6.45, 7) is 9.63. The van der Waals surface area contributed by atoms with Crippen LogP contribution < -0.4 is 5.73 Å². The molecule has 1 atom stereocenters. The van der Waals surface area contributed by atoms with Gasteiger partial charge in [-0.3, -0.25) is 9.88 Å². The lowest BCUT2D eigenvalue weighted by molar-refractivity contribution is 0.107. The first kappa shape index (κ1) is 15.1. The molecule has 0 saturated heterocycles. The van der Waals surface area contributed by atoms with Crippen molar-refractivity contribution in [1.82, 2.24) is 9.88 Å². The lowest BCUT2D eigenvalue weighted by Gasteiger charge is -2.40. The average Bonchev–Trinajstić information content (AvgIpc) is 2.43. The fraction of sp³-hybridized carbons (Fsp3) is 0.667. The van der Waals surface area contributed by atoms with Gasteiger partial charge in [0.2, 0.25) is 0 Å². The predicted octanol–water partition coefficient (Wildman–Crippen LogP) is 2.46. The van der Waals surface area contributed by atoms with E-state index in [1.54, 1.807) is 0 Å². The van der Waals surface area contributed by atoms with E-state index in [0.717, 1.165) is 32.5 Å². The van der Waals surface area contributed by atoms with E-state index >= 15 is 0 Å². The van der Waals surface area contributed by atoms with Crippen LogP contribution in [0.15, 0.2) is 24.5 Å². The highest BCUT2D eigenvalue weighted by Crippen LogP contribution is 2.19. The SMILES string of the molecule is CCCN(CCc1ccncc1)C(C)(CC)CN. The van der Waals surface area contributed by atoms with E-state index in [4.69, 9.17) is 5.73 Å². The minimum atomic E-state index is 0.128. The molecular weight excluding hydrogens is 222 g/mol. The van der Waals surface area contributed by atoms with Crippen molar-refractivity contribution in [2.45, 2.75) is 45.6 Å². The molecule has 2 N–H and O–H groups in total. The Hall–Kier alpha value is -0.930. The molecule has 1 heterocycles. The Bertz CT molecular complexity index is 320. The van der Waals surface area contributed by atoms with E-state index in [1.807, 2.05) is 12.4 Å². The number of nitrogens with two attached hydrogens (primary N) is 1. The van der Waals surface area contributed by atoms with Crippen LogP contribution in [0.1, 0.15) is 39.2 Å². The van der Waals surface area contributed by atoms with Crippen LogP contribution in [0.25, 0.3) is 0 Å². The quantitative estimate of drug-likeness (QED) is 0.769. The Morgan fingerprint density at radius 1 is 1.22 bits per heavy atom. The van der Waals surface area contributed by atoms with Gasteiger partial charge in [0.05, 0.1) is 0 Å². The number of hydrogen-bond donors (Lipinski definition) is 1. The molecule has 0 fully saturated rings. The van der Waals surface area contributed by atoms with E-state index in [1.165, 1.54) is 12.0 Å². The Morgan fingerprint density at radius 2 is 1.89 bits per heavy atom. The van der Waals surface area contributed by atoms with Gasteiger partial charge in [-0.1, -0.05) is 13.8 Å². The molecule has 0 radical (unpaired) electrons. The molecule has 1 aromatic heterocycles. The van der Waals surface area contributed by atoms with Crippen molar-refractivity contribution < 1.29 is 0 Å². The molecule has 0 aliphatic rings. The third-order valence-electron chi connectivity index (χ3n) is 3.88. The van der Waals surface area contributed by atoms with Crippen molar-refractivity contribution >= 4 is 0 Å². The molecule has 3 heteroatoms. The number of aromatic nitrogens is 1. The molecule has 0 aromatic carbocycles. The van der Waals surface area contributed by atoms with Gasteiger partial charge in [-0.25, -0.2) is 0 Å². The van der Waals surface area contributed by atoms with Crippen molar-refractivity contribution in [2.24, 2.45) is 5.73 Å². The van der Waals surface area contributed by atoms with Crippen molar-refractivity contribution in [2.75, 3.05) is 19.6 Å². The average molecular weight is 249 g/mol. The summed E-state index contributed by atoms with van der Waals surface area (Å²) in [6.07, 6.45) is 7.06. The summed E-state index contributed by atoms with van der Waals surface area (Å²) < 4.78 is 0. The minimum Gasteiger partial charge on any atom is -0.329 e. The van der Waals surface area contributed by atoms with Crippen LogP contribution in [0.3, 0.4) is 0 Å². The maximum absolute atomic E-state index is 5.97. The first-order valence-corrected chi connectivity index (χ1v) is 7.00. The summed E-state index contributed by atoms with van der Waals surface area (Å²) in [5, 5.41) is 0. The zero-order chi connectivity index (χ0) is 13.4. The molecule has 0 amide bonds. The number of pyridine rings is 1. The van der Waals surface area contributed by atoms with Crippen LogP contribution >= 0.6 is 0 Å². The second-order valence-corrected chi connectivity index (χ2v) is 5.15. The van der Waals surface area contributed by atoms with Crippen LogP contribution in [-0.2, 0) is 6.42 Å². The number of nitrogens with zero attached hydrogens (tertiary/aromatic N) is 2. The zero-order valence-electron chi connectivity index (χ0n) is 12.0. The van der Waals surface area contributed by atoms with Gasteiger partial charge in [-0.15, -0.1) is 0 Å². The number of rotatable bonds is 8. The van der Waals surface area contributed by atoms with Crippen LogP contribution in [0, 0.1) is 0 Å². The molecule has 1 unspecified atom stereocenters. The van der Waals surface area contributed by atoms with E-state index < -0.39 is 0 Å². The minimum absolute atomic E-state index is 0.128.